The molecule has 0 radical (unpaired) electrons. The molecule has 5 rings (SSSR count). The van der Waals surface area contributed by atoms with Crippen molar-refractivity contribution in [2.45, 2.75) is 31.3 Å². The largest absolute Gasteiger partial charge is 0.486 e. The van der Waals surface area contributed by atoms with Crippen LogP contribution in [0, 0.1) is 0 Å². The minimum absolute atomic E-state index is 0.138. The van der Waals surface area contributed by atoms with Gasteiger partial charge in [0.1, 0.15) is 25.5 Å². The zero-order valence-electron chi connectivity index (χ0n) is 17.1. The fourth-order valence-electron chi connectivity index (χ4n) is 4.48. The number of hydrogen-bond donors (Lipinski definition) is 1. The Bertz CT molecular complexity index is 1040. The third-order valence-corrected chi connectivity index (χ3v) is 6.11. The molecule has 0 unspecified atom stereocenters. The summed E-state index contributed by atoms with van der Waals surface area (Å²) in [4.78, 5) is 41.3. The molecule has 0 saturated carbocycles. The number of carbonyl (C=O) groups excluding carboxylic acids is 3. The van der Waals surface area contributed by atoms with E-state index in [1.165, 1.54) is 6.26 Å². The van der Waals surface area contributed by atoms with Crippen LogP contribution in [0.3, 0.4) is 0 Å². The van der Waals surface area contributed by atoms with Crippen molar-refractivity contribution in [3.8, 4) is 11.5 Å². The van der Waals surface area contributed by atoms with Crippen LogP contribution < -0.4 is 14.8 Å². The number of ether oxygens (including phenoxy) is 2. The number of hydrogen-bond acceptors (Lipinski definition) is 6. The minimum atomic E-state index is -1.32. The molecule has 0 spiro atoms. The number of furan rings is 1. The number of fused-ring (bicyclic) bond motifs is 1. The Morgan fingerprint density at radius 3 is 2.77 bits per heavy atom. The lowest BCUT2D eigenvalue weighted by atomic mass is 9.99. The lowest BCUT2D eigenvalue weighted by molar-refractivity contribution is -0.139. The van der Waals surface area contributed by atoms with Crippen molar-refractivity contribution < 1.29 is 28.3 Å². The van der Waals surface area contributed by atoms with Gasteiger partial charge in [0.05, 0.1) is 12.3 Å². The van der Waals surface area contributed by atoms with Crippen LogP contribution in [0.4, 0.5) is 4.79 Å². The van der Waals surface area contributed by atoms with E-state index in [-0.39, 0.29) is 18.5 Å². The minimum Gasteiger partial charge on any atom is -0.486 e. The van der Waals surface area contributed by atoms with Gasteiger partial charge in [-0.1, -0.05) is 6.07 Å². The molecule has 2 aromatic rings. The van der Waals surface area contributed by atoms with Gasteiger partial charge in [0.15, 0.2) is 17.0 Å². The first kappa shape index (κ1) is 19.5. The molecule has 1 N–H and O–H groups in total. The van der Waals surface area contributed by atoms with Gasteiger partial charge in [-0.3, -0.25) is 14.5 Å². The molecule has 3 aliphatic rings. The molecule has 2 atom stereocenters. The van der Waals surface area contributed by atoms with Crippen molar-refractivity contribution >= 4 is 17.8 Å². The van der Waals surface area contributed by atoms with E-state index in [1.54, 1.807) is 24.0 Å². The molecule has 9 heteroatoms. The number of urea groups is 1. The van der Waals surface area contributed by atoms with Gasteiger partial charge in [0.2, 0.25) is 5.91 Å². The Morgan fingerprint density at radius 2 is 2.00 bits per heavy atom. The van der Waals surface area contributed by atoms with Crippen LogP contribution in [0.2, 0.25) is 0 Å². The molecule has 162 valence electrons. The summed E-state index contributed by atoms with van der Waals surface area (Å²) in [7, 11) is 0. The fourth-order valence-corrected chi connectivity index (χ4v) is 4.48. The van der Waals surface area contributed by atoms with Gasteiger partial charge in [-0.2, -0.15) is 0 Å². The summed E-state index contributed by atoms with van der Waals surface area (Å²) in [6.45, 7) is 2.83. The molecule has 1 aromatic heterocycles. The molecule has 4 amide bonds. The zero-order chi connectivity index (χ0) is 21.6. The second-order valence-electron chi connectivity index (χ2n) is 8.07. The highest BCUT2D eigenvalue weighted by atomic mass is 16.6. The van der Waals surface area contributed by atoms with E-state index in [4.69, 9.17) is 13.9 Å². The molecular weight excluding hydrogens is 402 g/mol. The Kier molecular flexibility index (Phi) is 4.60. The molecule has 3 aliphatic heterocycles. The highest BCUT2D eigenvalue weighted by Crippen LogP contribution is 2.38. The van der Waals surface area contributed by atoms with Crippen LogP contribution in [0.25, 0.3) is 0 Å². The van der Waals surface area contributed by atoms with Crippen LogP contribution in [0.5, 0.6) is 11.5 Å². The predicted molar refractivity (Wildman–Crippen MR) is 107 cm³/mol. The monoisotopic (exact) mass is 425 g/mol. The average molecular weight is 425 g/mol. The third kappa shape index (κ3) is 3.20. The smallest absolute Gasteiger partial charge is 0.325 e. The average Bonchev–Trinajstić information content (AvgIpc) is 3.52. The number of amides is 4. The highest BCUT2D eigenvalue weighted by molar-refractivity contribution is 6.08. The van der Waals surface area contributed by atoms with Crippen LogP contribution in [-0.4, -0.2) is 53.9 Å². The molecule has 2 fully saturated rings. The molecular formula is C22H23N3O6. The van der Waals surface area contributed by atoms with E-state index in [0.717, 1.165) is 23.3 Å². The number of benzene rings is 1. The molecule has 2 saturated heterocycles. The van der Waals surface area contributed by atoms with Gasteiger partial charge in [0.25, 0.3) is 5.91 Å². The summed E-state index contributed by atoms with van der Waals surface area (Å²) in [5, 5.41) is 2.65. The normalized spacial score (nSPS) is 25.1. The first-order valence-corrected chi connectivity index (χ1v) is 10.3. The molecule has 31 heavy (non-hydrogen) atoms. The molecule has 0 aliphatic carbocycles. The molecule has 0 bridgehead atoms. The first-order valence-electron chi connectivity index (χ1n) is 10.3. The molecule has 9 nitrogen and oxygen atoms in total. The number of imide groups is 1. The summed E-state index contributed by atoms with van der Waals surface area (Å²) in [6.07, 6.45) is 3.08. The number of carbonyl (C=O) groups is 3. The number of rotatable bonds is 4. The number of likely N-dealkylation sites (tertiary alicyclic amines) is 1. The summed E-state index contributed by atoms with van der Waals surface area (Å²) < 4.78 is 16.6. The van der Waals surface area contributed by atoms with Crippen LogP contribution in [0.1, 0.15) is 37.1 Å². The van der Waals surface area contributed by atoms with E-state index < -0.39 is 17.5 Å². The maximum atomic E-state index is 13.1. The number of nitrogens with one attached hydrogen (secondary N) is 1. The molecule has 4 heterocycles. The van der Waals surface area contributed by atoms with E-state index in [2.05, 4.69) is 5.32 Å². The van der Waals surface area contributed by atoms with E-state index >= 15 is 0 Å². The summed E-state index contributed by atoms with van der Waals surface area (Å²) in [6, 6.07) is 8.24. The second kappa shape index (κ2) is 7.33. The Morgan fingerprint density at radius 1 is 1.19 bits per heavy atom. The second-order valence-corrected chi connectivity index (χ2v) is 8.07. The van der Waals surface area contributed by atoms with E-state index in [1.807, 2.05) is 18.2 Å². The third-order valence-electron chi connectivity index (χ3n) is 6.11. The van der Waals surface area contributed by atoms with Crippen molar-refractivity contribution in [2.24, 2.45) is 0 Å². The SMILES string of the molecule is C[C@@]1(c2ccco2)NC(=O)N(CC(=O)N2CCC[C@@H]2c2ccc3c(c2)OCCO3)C1=O. The fraction of sp³-hybridized carbons (Fsp3) is 0.409. The number of nitrogens with zero attached hydrogens (tertiary/aromatic N) is 2. The quantitative estimate of drug-likeness (QED) is 0.754. The van der Waals surface area contributed by atoms with Gasteiger partial charge in [-0.25, -0.2) is 4.79 Å². The Hall–Kier alpha value is -3.49. The maximum absolute atomic E-state index is 13.1. The standard InChI is InChI=1S/C22H23N3O6/c1-22(18-5-3-9-31-18)20(27)25(21(28)23-22)13-19(26)24-8-2-4-15(24)14-6-7-16-17(12-14)30-11-10-29-16/h3,5-7,9,12,15H,2,4,8,10-11,13H2,1H3,(H,23,28)/t15-,22+/m1/s1. The van der Waals surface area contributed by atoms with Crippen molar-refractivity contribution in [1.29, 1.82) is 0 Å². The van der Waals surface area contributed by atoms with Gasteiger partial charge >= 0.3 is 6.03 Å². The van der Waals surface area contributed by atoms with Crippen molar-refractivity contribution in [2.75, 3.05) is 26.3 Å². The summed E-state index contributed by atoms with van der Waals surface area (Å²) >= 11 is 0. The van der Waals surface area contributed by atoms with Gasteiger partial charge in [-0.05, 0) is 49.6 Å². The van der Waals surface area contributed by atoms with Gasteiger partial charge in [0, 0.05) is 6.54 Å². The van der Waals surface area contributed by atoms with Crippen molar-refractivity contribution in [3.05, 3.63) is 47.9 Å². The van der Waals surface area contributed by atoms with E-state index in [9.17, 15) is 14.4 Å². The van der Waals surface area contributed by atoms with Crippen molar-refractivity contribution in [3.63, 3.8) is 0 Å². The zero-order valence-corrected chi connectivity index (χ0v) is 17.1. The Labute approximate surface area is 178 Å². The van der Waals surface area contributed by atoms with Crippen molar-refractivity contribution in [1.82, 2.24) is 15.1 Å². The summed E-state index contributed by atoms with van der Waals surface area (Å²) in [5.41, 5.74) is -0.367. The van der Waals surface area contributed by atoms with E-state index in [0.29, 0.717) is 37.0 Å². The topological polar surface area (TPSA) is 101 Å². The molecule has 1 aromatic carbocycles. The highest BCUT2D eigenvalue weighted by Gasteiger charge is 2.52. The lowest BCUT2D eigenvalue weighted by Crippen LogP contribution is -2.44. The van der Waals surface area contributed by atoms with Gasteiger partial charge in [-0.15, -0.1) is 0 Å². The Balaban J connectivity index is 1.33. The van der Waals surface area contributed by atoms with Crippen LogP contribution >= 0.6 is 0 Å². The van der Waals surface area contributed by atoms with Gasteiger partial charge < -0.3 is 24.1 Å². The predicted octanol–water partition coefficient (Wildman–Crippen LogP) is 2.18. The maximum Gasteiger partial charge on any atom is 0.325 e. The lowest BCUT2D eigenvalue weighted by Gasteiger charge is -2.28. The van der Waals surface area contributed by atoms with Crippen LogP contribution in [-0.2, 0) is 15.1 Å². The summed E-state index contributed by atoms with van der Waals surface area (Å²) in [5.74, 6) is 0.922. The first-order chi connectivity index (χ1) is 15.0. The van der Waals surface area contributed by atoms with Crippen LogP contribution in [0.15, 0.2) is 41.0 Å².